The highest BCUT2D eigenvalue weighted by atomic mass is 127. The number of hydrogen-bond donors (Lipinski definition) is 1. The third-order valence-electron chi connectivity index (χ3n) is 5.79. The lowest BCUT2D eigenvalue weighted by Crippen LogP contribution is -2.55. The predicted molar refractivity (Wildman–Crippen MR) is 130 cm³/mol. The molecular weight excluding hydrogens is 501 g/mol. The van der Waals surface area contributed by atoms with E-state index in [-0.39, 0.29) is 29.9 Å². The Morgan fingerprint density at radius 3 is 2.59 bits per heavy atom. The first-order valence-electron chi connectivity index (χ1n) is 10.3. The van der Waals surface area contributed by atoms with Gasteiger partial charge in [0.1, 0.15) is 0 Å². The predicted octanol–water partition coefficient (Wildman–Crippen LogP) is 2.70. The summed E-state index contributed by atoms with van der Waals surface area (Å²) in [6.07, 6.45) is 2.94. The van der Waals surface area contributed by atoms with Crippen molar-refractivity contribution in [3.63, 3.8) is 0 Å². The molecule has 0 spiro atoms. The van der Waals surface area contributed by atoms with Crippen LogP contribution in [-0.4, -0.2) is 85.5 Å². The Bertz CT molecular complexity index is 693. The van der Waals surface area contributed by atoms with Crippen LogP contribution in [0.2, 0.25) is 5.02 Å². The van der Waals surface area contributed by atoms with E-state index < -0.39 is 0 Å². The molecule has 2 aliphatic rings. The minimum atomic E-state index is 0. The maximum absolute atomic E-state index is 12.6. The summed E-state index contributed by atoms with van der Waals surface area (Å²) in [5, 5.41) is 4.23. The van der Waals surface area contributed by atoms with E-state index in [9.17, 15) is 4.79 Å². The molecule has 29 heavy (non-hydrogen) atoms. The maximum Gasteiger partial charge on any atom is 0.227 e. The molecule has 1 atom stereocenters. The van der Waals surface area contributed by atoms with Gasteiger partial charge in [-0.2, -0.15) is 0 Å². The van der Waals surface area contributed by atoms with Gasteiger partial charge < -0.3 is 15.1 Å². The van der Waals surface area contributed by atoms with Crippen molar-refractivity contribution in [1.29, 1.82) is 0 Å². The smallest absolute Gasteiger partial charge is 0.227 e. The van der Waals surface area contributed by atoms with Crippen LogP contribution in [0.4, 0.5) is 0 Å². The summed E-state index contributed by atoms with van der Waals surface area (Å²) in [6.45, 7) is 8.55. The van der Waals surface area contributed by atoms with Crippen LogP contribution in [0.5, 0.6) is 0 Å². The number of rotatable bonds is 5. The van der Waals surface area contributed by atoms with Gasteiger partial charge >= 0.3 is 0 Å². The maximum atomic E-state index is 12.6. The second kappa shape index (κ2) is 12.0. The molecule has 2 aliphatic heterocycles. The van der Waals surface area contributed by atoms with Crippen LogP contribution in [0.15, 0.2) is 29.3 Å². The van der Waals surface area contributed by atoms with E-state index in [1.807, 2.05) is 36.2 Å². The average molecular weight is 534 g/mol. The molecule has 1 unspecified atom stereocenters. The van der Waals surface area contributed by atoms with Gasteiger partial charge in [0.05, 0.1) is 6.42 Å². The number of likely N-dealkylation sites (N-methyl/N-ethyl adjacent to an activating group) is 1. The normalized spacial score (nSPS) is 20.5. The highest BCUT2D eigenvalue weighted by molar-refractivity contribution is 14.0. The number of guanidine groups is 1. The third kappa shape index (κ3) is 6.72. The molecule has 0 bridgehead atoms. The standard InChI is InChI=1S/C21H32ClN5O.HI/c1-3-25-9-5-8-19(25)16-24-21(23-2)27-12-10-26(11-13-27)20(28)15-17-6-4-7-18(22)14-17;/h4,6-7,14,19H,3,5,8-13,15-16H2,1-2H3,(H,23,24);1H. The number of aliphatic imine (C=N–C) groups is 1. The van der Waals surface area contributed by atoms with Crippen molar-refractivity contribution < 1.29 is 4.79 Å². The van der Waals surface area contributed by atoms with Crippen molar-refractivity contribution in [3.05, 3.63) is 34.9 Å². The molecule has 0 aliphatic carbocycles. The Balaban J connectivity index is 0.00000300. The van der Waals surface area contributed by atoms with Gasteiger partial charge in [-0.15, -0.1) is 24.0 Å². The van der Waals surface area contributed by atoms with Crippen molar-refractivity contribution in [3.8, 4) is 0 Å². The number of nitrogens with one attached hydrogen (secondary N) is 1. The number of likely N-dealkylation sites (tertiary alicyclic amines) is 1. The van der Waals surface area contributed by atoms with E-state index in [1.165, 1.54) is 19.4 Å². The second-order valence-corrected chi connectivity index (χ2v) is 7.96. The molecule has 6 nitrogen and oxygen atoms in total. The van der Waals surface area contributed by atoms with E-state index in [0.29, 0.717) is 17.5 Å². The van der Waals surface area contributed by atoms with Crippen molar-refractivity contribution >= 4 is 47.4 Å². The van der Waals surface area contributed by atoms with Crippen LogP contribution < -0.4 is 5.32 Å². The van der Waals surface area contributed by atoms with Crippen molar-refractivity contribution in [2.24, 2.45) is 4.99 Å². The second-order valence-electron chi connectivity index (χ2n) is 7.53. The lowest BCUT2D eigenvalue weighted by molar-refractivity contribution is -0.131. The van der Waals surface area contributed by atoms with Gasteiger partial charge in [0.15, 0.2) is 5.96 Å². The van der Waals surface area contributed by atoms with Gasteiger partial charge in [0, 0.05) is 50.8 Å². The van der Waals surface area contributed by atoms with Crippen LogP contribution in [0.1, 0.15) is 25.3 Å². The number of nitrogens with zero attached hydrogens (tertiary/aromatic N) is 4. The summed E-state index contributed by atoms with van der Waals surface area (Å²) < 4.78 is 0. The molecule has 3 rings (SSSR count). The molecular formula is C21H33ClIN5O. The van der Waals surface area contributed by atoms with Crippen molar-refractivity contribution in [2.45, 2.75) is 32.2 Å². The Hall–Kier alpha value is -1.06. The molecule has 1 aromatic rings. The first kappa shape index (κ1) is 24.2. The lowest BCUT2D eigenvalue weighted by atomic mass is 10.1. The molecule has 1 aromatic carbocycles. The summed E-state index contributed by atoms with van der Waals surface area (Å²) in [6, 6.07) is 8.14. The Morgan fingerprint density at radius 1 is 1.21 bits per heavy atom. The SMILES string of the molecule is CCN1CCCC1CNC(=NC)N1CCN(C(=O)Cc2cccc(Cl)c2)CC1.I. The summed E-state index contributed by atoms with van der Waals surface area (Å²) in [7, 11) is 1.84. The van der Waals surface area contributed by atoms with E-state index in [0.717, 1.165) is 50.8 Å². The number of carbonyl (C=O) groups excluding carboxylic acids is 1. The minimum absolute atomic E-state index is 0. The zero-order valence-corrected chi connectivity index (χ0v) is 20.5. The van der Waals surface area contributed by atoms with E-state index in [4.69, 9.17) is 11.6 Å². The summed E-state index contributed by atoms with van der Waals surface area (Å²) in [4.78, 5) is 23.8. The Labute approximate surface area is 196 Å². The van der Waals surface area contributed by atoms with Gasteiger partial charge in [-0.1, -0.05) is 30.7 Å². The highest BCUT2D eigenvalue weighted by Gasteiger charge is 2.26. The first-order chi connectivity index (χ1) is 13.6. The number of amides is 1. The summed E-state index contributed by atoms with van der Waals surface area (Å²) in [5.74, 6) is 1.11. The third-order valence-corrected chi connectivity index (χ3v) is 6.02. The van der Waals surface area contributed by atoms with Crippen LogP contribution >= 0.6 is 35.6 Å². The molecule has 162 valence electrons. The van der Waals surface area contributed by atoms with Gasteiger partial charge in [-0.3, -0.25) is 14.7 Å². The molecule has 0 saturated carbocycles. The monoisotopic (exact) mass is 533 g/mol. The van der Waals surface area contributed by atoms with Gasteiger partial charge in [0.25, 0.3) is 0 Å². The zero-order chi connectivity index (χ0) is 19.9. The van der Waals surface area contributed by atoms with Crippen molar-refractivity contribution in [1.82, 2.24) is 20.0 Å². The molecule has 8 heteroatoms. The fourth-order valence-corrected chi connectivity index (χ4v) is 4.40. The van der Waals surface area contributed by atoms with Gasteiger partial charge in [-0.25, -0.2) is 0 Å². The summed E-state index contributed by atoms with van der Waals surface area (Å²) >= 11 is 6.02. The number of piperazine rings is 1. The fraction of sp³-hybridized carbons (Fsp3) is 0.619. The van der Waals surface area contributed by atoms with Crippen molar-refractivity contribution in [2.75, 3.05) is 52.9 Å². The van der Waals surface area contributed by atoms with Crippen LogP contribution in [0.25, 0.3) is 0 Å². The topological polar surface area (TPSA) is 51.2 Å². The molecule has 2 fully saturated rings. The molecule has 2 heterocycles. The van der Waals surface area contributed by atoms with E-state index in [1.54, 1.807) is 0 Å². The zero-order valence-electron chi connectivity index (χ0n) is 17.4. The lowest BCUT2D eigenvalue weighted by Gasteiger charge is -2.37. The first-order valence-corrected chi connectivity index (χ1v) is 10.7. The molecule has 0 radical (unpaired) electrons. The highest BCUT2D eigenvalue weighted by Crippen LogP contribution is 2.16. The molecule has 1 N–H and O–H groups in total. The van der Waals surface area contributed by atoms with E-state index in [2.05, 4.69) is 27.0 Å². The average Bonchev–Trinajstić information content (AvgIpc) is 3.16. The minimum Gasteiger partial charge on any atom is -0.355 e. The number of carbonyl (C=O) groups is 1. The Morgan fingerprint density at radius 2 is 1.93 bits per heavy atom. The number of benzene rings is 1. The largest absolute Gasteiger partial charge is 0.355 e. The van der Waals surface area contributed by atoms with Crippen LogP contribution in [-0.2, 0) is 11.2 Å². The number of hydrogen-bond acceptors (Lipinski definition) is 3. The quantitative estimate of drug-likeness (QED) is 0.359. The van der Waals surface area contributed by atoms with Gasteiger partial charge in [0.2, 0.25) is 5.91 Å². The molecule has 2 saturated heterocycles. The van der Waals surface area contributed by atoms with Crippen LogP contribution in [0.3, 0.4) is 0 Å². The van der Waals surface area contributed by atoms with Crippen LogP contribution in [0, 0.1) is 0 Å². The van der Waals surface area contributed by atoms with E-state index >= 15 is 0 Å². The summed E-state index contributed by atoms with van der Waals surface area (Å²) in [5.41, 5.74) is 0.967. The number of halogens is 2. The Kier molecular flexibility index (Phi) is 9.98. The van der Waals surface area contributed by atoms with Gasteiger partial charge in [-0.05, 0) is 43.6 Å². The molecule has 0 aromatic heterocycles. The molecule has 1 amide bonds. The fourth-order valence-electron chi connectivity index (χ4n) is 4.19.